The van der Waals surface area contributed by atoms with Crippen LogP contribution in [0.3, 0.4) is 0 Å². The van der Waals surface area contributed by atoms with E-state index in [2.05, 4.69) is 9.97 Å². The molecule has 0 fully saturated rings. The predicted molar refractivity (Wildman–Crippen MR) is 62.8 cm³/mol. The Morgan fingerprint density at radius 1 is 1.38 bits per heavy atom. The van der Waals surface area contributed by atoms with Crippen molar-refractivity contribution in [3.05, 3.63) is 23.8 Å². The van der Waals surface area contributed by atoms with Crippen LogP contribution in [0.5, 0.6) is 0 Å². The molecule has 0 aliphatic rings. The number of aromatic nitrogens is 2. The molecule has 0 saturated heterocycles. The van der Waals surface area contributed by atoms with Crippen LogP contribution in [0.4, 0.5) is 0 Å². The largest absolute Gasteiger partial charge is 0.358 e. The van der Waals surface area contributed by atoms with Crippen LogP contribution in [0.2, 0.25) is 0 Å². The maximum Gasteiger partial charge on any atom is 0.240 e. The SMILES string of the molecule is NS(=O)(=O)c1c[nH]c2c1ccc1scnc12. The zero-order valence-corrected chi connectivity index (χ0v) is 9.60. The highest BCUT2D eigenvalue weighted by molar-refractivity contribution is 7.89. The Morgan fingerprint density at radius 3 is 2.94 bits per heavy atom. The van der Waals surface area contributed by atoms with Crippen molar-refractivity contribution in [3.8, 4) is 0 Å². The number of fused-ring (bicyclic) bond motifs is 3. The van der Waals surface area contributed by atoms with Crippen molar-refractivity contribution < 1.29 is 8.42 Å². The van der Waals surface area contributed by atoms with E-state index in [0.29, 0.717) is 10.9 Å². The molecule has 7 heteroatoms. The van der Waals surface area contributed by atoms with E-state index in [0.717, 1.165) is 10.2 Å². The van der Waals surface area contributed by atoms with Crippen molar-refractivity contribution in [1.82, 2.24) is 9.97 Å². The Morgan fingerprint density at radius 2 is 2.19 bits per heavy atom. The number of hydrogen-bond donors (Lipinski definition) is 2. The molecule has 82 valence electrons. The first-order chi connectivity index (χ1) is 7.57. The van der Waals surface area contributed by atoms with Gasteiger partial charge in [0.25, 0.3) is 0 Å². The summed E-state index contributed by atoms with van der Waals surface area (Å²) in [5.41, 5.74) is 3.21. The van der Waals surface area contributed by atoms with Crippen LogP contribution in [-0.4, -0.2) is 18.4 Å². The minimum absolute atomic E-state index is 0.109. The van der Waals surface area contributed by atoms with Gasteiger partial charge in [-0.2, -0.15) is 0 Å². The Balaban J connectivity index is 2.53. The summed E-state index contributed by atoms with van der Waals surface area (Å²) in [7, 11) is -3.69. The number of hydrogen-bond acceptors (Lipinski definition) is 4. The number of benzene rings is 1. The van der Waals surface area contributed by atoms with Gasteiger partial charge in [0.15, 0.2) is 0 Å². The second-order valence-corrected chi connectivity index (χ2v) is 5.80. The third-order valence-corrected chi connectivity index (χ3v) is 4.17. The highest BCUT2D eigenvalue weighted by atomic mass is 32.2. The van der Waals surface area contributed by atoms with E-state index < -0.39 is 10.0 Å². The molecular formula is C9H7N3O2S2. The molecule has 3 aromatic rings. The lowest BCUT2D eigenvalue weighted by molar-refractivity contribution is 0.598. The Kier molecular flexibility index (Phi) is 1.85. The molecule has 2 aromatic heterocycles. The summed E-state index contributed by atoms with van der Waals surface area (Å²) in [5.74, 6) is 0. The van der Waals surface area contributed by atoms with Gasteiger partial charge < -0.3 is 4.98 Å². The number of H-pyrrole nitrogens is 1. The smallest absolute Gasteiger partial charge is 0.240 e. The van der Waals surface area contributed by atoms with Gasteiger partial charge in [-0.05, 0) is 12.1 Å². The van der Waals surface area contributed by atoms with Crippen molar-refractivity contribution in [2.75, 3.05) is 0 Å². The fourth-order valence-corrected chi connectivity index (χ4v) is 3.12. The van der Waals surface area contributed by atoms with Gasteiger partial charge in [0.2, 0.25) is 10.0 Å². The Hall–Kier alpha value is -1.44. The monoisotopic (exact) mass is 253 g/mol. The average Bonchev–Trinajstić information content (AvgIpc) is 2.81. The lowest BCUT2D eigenvalue weighted by atomic mass is 10.2. The van der Waals surface area contributed by atoms with Gasteiger partial charge in [-0.25, -0.2) is 18.5 Å². The summed E-state index contributed by atoms with van der Waals surface area (Å²) in [6.07, 6.45) is 1.40. The molecular weight excluding hydrogens is 246 g/mol. The van der Waals surface area contributed by atoms with Crippen LogP contribution in [-0.2, 0) is 10.0 Å². The number of sulfonamides is 1. The van der Waals surface area contributed by atoms with E-state index in [-0.39, 0.29) is 4.90 Å². The van der Waals surface area contributed by atoms with Crippen molar-refractivity contribution in [2.45, 2.75) is 4.90 Å². The molecule has 0 spiro atoms. The maximum atomic E-state index is 11.3. The van der Waals surface area contributed by atoms with Crippen LogP contribution >= 0.6 is 11.3 Å². The Bertz CT molecular complexity index is 785. The summed E-state index contributed by atoms with van der Waals surface area (Å²) in [4.78, 5) is 7.21. The summed E-state index contributed by atoms with van der Waals surface area (Å²) >= 11 is 1.51. The molecule has 3 rings (SSSR count). The van der Waals surface area contributed by atoms with Crippen LogP contribution in [0.15, 0.2) is 28.7 Å². The molecule has 0 bridgehead atoms. The summed E-state index contributed by atoms with van der Waals surface area (Å²) in [6, 6.07) is 3.59. The maximum absolute atomic E-state index is 11.3. The third kappa shape index (κ3) is 1.26. The van der Waals surface area contributed by atoms with Gasteiger partial charge >= 0.3 is 0 Å². The number of rotatable bonds is 1. The highest BCUT2D eigenvalue weighted by Gasteiger charge is 2.16. The van der Waals surface area contributed by atoms with Gasteiger partial charge in [0, 0.05) is 11.6 Å². The fraction of sp³-hybridized carbons (Fsp3) is 0. The van der Waals surface area contributed by atoms with Crippen molar-refractivity contribution in [3.63, 3.8) is 0 Å². The average molecular weight is 253 g/mol. The standard InChI is InChI=1S/C9H7N3O2S2/c10-16(13,14)7-3-11-8-5(7)1-2-6-9(8)12-4-15-6/h1-4,11H,(H2,10,13,14). The van der Waals surface area contributed by atoms with Gasteiger partial charge in [-0.15, -0.1) is 11.3 Å². The normalized spacial score (nSPS) is 12.6. The predicted octanol–water partition coefficient (Wildman–Crippen LogP) is 1.43. The van der Waals surface area contributed by atoms with Crippen LogP contribution in [0.1, 0.15) is 0 Å². The zero-order chi connectivity index (χ0) is 11.3. The van der Waals surface area contributed by atoms with E-state index in [4.69, 9.17) is 5.14 Å². The first-order valence-corrected chi connectivity index (χ1v) is 6.86. The number of nitrogens with zero attached hydrogens (tertiary/aromatic N) is 1. The number of nitrogens with two attached hydrogens (primary N) is 1. The van der Waals surface area contributed by atoms with E-state index >= 15 is 0 Å². The molecule has 0 amide bonds. The first-order valence-electron chi connectivity index (χ1n) is 4.43. The molecule has 1 aromatic carbocycles. The fourth-order valence-electron chi connectivity index (χ4n) is 1.73. The molecule has 2 heterocycles. The molecule has 16 heavy (non-hydrogen) atoms. The number of primary sulfonamides is 1. The van der Waals surface area contributed by atoms with Crippen molar-refractivity contribution in [2.24, 2.45) is 5.14 Å². The molecule has 0 unspecified atom stereocenters. The second kappa shape index (κ2) is 3.03. The number of thiazole rings is 1. The van der Waals surface area contributed by atoms with E-state index in [1.54, 1.807) is 11.6 Å². The van der Waals surface area contributed by atoms with Gasteiger partial charge in [0.1, 0.15) is 10.4 Å². The van der Waals surface area contributed by atoms with E-state index in [1.807, 2.05) is 6.07 Å². The van der Waals surface area contributed by atoms with Gasteiger partial charge in [-0.1, -0.05) is 0 Å². The second-order valence-electron chi connectivity index (χ2n) is 3.39. The summed E-state index contributed by atoms with van der Waals surface area (Å²) in [5, 5.41) is 5.71. The van der Waals surface area contributed by atoms with E-state index in [9.17, 15) is 8.42 Å². The van der Waals surface area contributed by atoms with Gasteiger partial charge in [0.05, 0.1) is 15.7 Å². The number of nitrogens with one attached hydrogen (secondary N) is 1. The van der Waals surface area contributed by atoms with Crippen LogP contribution in [0.25, 0.3) is 21.1 Å². The Labute approximate surface area is 95.0 Å². The zero-order valence-electron chi connectivity index (χ0n) is 7.97. The molecule has 5 nitrogen and oxygen atoms in total. The third-order valence-electron chi connectivity index (χ3n) is 2.42. The lowest BCUT2D eigenvalue weighted by Crippen LogP contribution is -2.11. The quantitative estimate of drug-likeness (QED) is 0.687. The highest BCUT2D eigenvalue weighted by Crippen LogP contribution is 2.29. The molecule has 0 saturated carbocycles. The van der Waals surface area contributed by atoms with Crippen LogP contribution < -0.4 is 5.14 Å². The molecule has 0 radical (unpaired) electrons. The van der Waals surface area contributed by atoms with Crippen molar-refractivity contribution >= 4 is 42.5 Å². The topological polar surface area (TPSA) is 88.8 Å². The molecule has 0 aliphatic carbocycles. The minimum atomic E-state index is -3.69. The molecule has 0 atom stereocenters. The van der Waals surface area contributed by atoms with E-state index in [1.165, 1.54) is 17.5 Å². The first kappa shape index (κ1) is 9.76. The summed E-state index contributed by atoms with van der Waals surface area (Å²) < 4.78 is 23.7. The molecule has 3 N–H and O–H groups in total. The lowest BCUT2D eigenvalue weighted by Gasteiger charge is -1.95. The van der Waals surface area contributed by atoms with Gasteiger partial charge in [-0.3, -0.25) is 0 Å². The minimum Gasteiger partial charge on any atom is -0.358 e. The summed E-state index contributed by atoms with van der Waals surface area (Å²) in [6.45, 7) is 0. The van der Waals surface area contributed by atoms with Crippen molar-refractivity contribution in [1.29, 1.82) is 0 Å². The number of aromatic amines is 1. The van der Waals surface area contributed by atoms with Crippen LogP contribution in [0, 0.1) is 0 Å². The molecule has 0 aliphatic heterocycles.